The zero-order chi connectivity index (χ0) is 19.3. The van der Waals surface area contributed by atoms with E-state index in [4.69, 9.17) is 16.0 Å². The van der Waals surface area contributed by atoms with Gasteiger partial charge < -0.3 is 15.1 Å². The summed E-state index contributed by atoms with van der Waals surface area (Å²) in [5, 5.41) is 14.6. The highest BCUT2D eigenvalue weighted by atomic mass is 35.5. The summed E-state index contributed by atoms with van der Waals surface area (Å²) in [6.45, 7) is 0. The van der Waals surface area contributed by atoms with E-state index in [-0.39, 0.29) is 11.9 Å². The molecule has 6 nitrogen and oxygen atoms in total. The van der Waals surface area contributed by atoms with Gasteiger partial charge in [-0.3, -0.25) is 4.79 Å². The topological polar surface area (TPSA) is 80.0 Å². The van der Waals surface area contributed by atoms with Gasteiger partial charge in [0.2, 0.25) is 5.89 Å². The quantitative estimate of drug-likeness (QED) is 0.477. The zero-order valence-electron chi connectivity index (χ0n) is 14.6. The molecule has 0 bridgehead atoms. The van der Waals surface area contributed by atoms with Crippen molar-refractivity contribution in [1.29, 1.82) is 0 Å². The van der Waals surface area contributed by atoms with Crippen LogP contribution in [0.25, 0.3) is 11.5 Å². The van der Waals surface area contributed by atoms with E-state index in [1.54, 1.807) is 48.5 Å². The maximum atomic E-state index is 12.2. The van der Waals surface area contributed by atoms with Gasteiger partial charge >= 0.3 is 6.01 Å². The Morgan fingerprint density at radius 2 is 1.50 bits per heavy atom. The molecule has 0 atom stereocenters. The first-order valence-corrected chi connectivity index (χ1v) is 8.88. The molecule has 0 unspecified atom stereocenters. The number of nitrogens with zero attached hydrogens (tertiary/aromatic N) is 2. The van der Waals surface area contributed by atoms with E-state index in [0.717, 1.165) is 11.3 Å². The van der Waals surface area contributed by atoms with Crippen LogP contribution in [0.2, 0.25) is 5.02 Å². The van der Waals surface area contributed by atoms with Crippen molar-refractivity contribution in [3.63, 3.8) is 0 Å². The molecule has 4 rings (SSSR count). The van der Waals surface area contributed by atoms with Crippen LogP contribution < -0.4 is 10.6 Å². The number of rotatable bonds is 5. The second kappa shape index (κ2) is 7.94. The summed E-state index contributed by atoms with van der Waals surface area (Å²) in [6, 6.07) is 23.7. The lowest BCUT2D eigenvalue weighted by atomic mass is 10.2. The van der Waals surface area contributed by atoms with Gasteiger partial charge in [-0.1, -0.05) is 34.9 Å². The fourth-order valence-corrected chi connectivity index (χ4v) is 2.66. The Labute approximate surface area is 166 Å². The summed E-state index contributed by atoms with van der Waals surface area (Å²) in [5.74, 6) is 0.206. The standard InChI is InChI=1S/C21H15ClN4O2/c22-16-8-12-18(13-9-16)24-21-26-25-20(28-21)15-6-10-17(11-7-15)23-19(27)14-4-2-1-3-5-14/h1-13H,(H,23,27)(H,24,26). The van der Waals surface area contributed by atoms with E-state index in [0.29, 0.717) is 22.2 Å². The summed E-state index contributed by atoms with van der Waals surface area (Å²) in [6.07, 6.45) is 0. The van der Waals surface area contributed by atoms with Crippen molar-refractivity contribution in [2.75, 3.05) is 10.6 Å². The SMILES string of the molecule is O=C(Nc1ccc(-c2nnc(Nc3ccc(Cl)cc3)o2)cc1)c1ccccc1. The van der Waals surface area contributed by atoms with E-state index in [9.17, 15) is 4.79 Å². The average molecular weight is 391 g/mol. The molecule has 3 aromatic carbocycles. The van der Waals surface area contributed by atoms with E-state index in [1.165, 1.54) is 0 Å². The Balaban J connectivity index is 1.43. The second-order valence-electron chi connectivity index (χ2n) is 5.94. The molecule has 138 valence electrons. The van der Waals surface area contributed by atoms with Crippen LogP contribution in [0.3, 0.4) is 0 Å². The third kappa shape index (κ3) is 4.19. The van der Waals surface area contributed by atoms with Gasteiger partial charge in [0.05, 0.1) is 0 Å². The Kier molecular flexibility index (Phi) is 5.03. The molecule has 2 N–H and O–H groups in total. The molecule has 28 heavy (non-hydrogen) atoms. The predicted octanol–water partition coefficient (Wildman–Crippen LogP) is 5.39. The van der Waals surface area contributed by atoms with Crippen LogP contribution in [0.1, 0.15) is 10.4 Å². The van der Waals surface area contributed by atoms with E-state index < -0.39 is 0 Å². The summed E-state index contributed by atoms with van der Waals surface area (Å²) in [4.78, 5) is 12.2. The first-order valence-electron chi connectivity index (χ1n) is 8.50. The van der Waals surface area contributed by atoms with Crippen LogP contribution in [0.15, 0.2) is 83.3 Å². The molecule has 0 spiro atoms. The average Bonchev–Trinajstić information content (AvgIpc) is 3.19. The Morgan fingerprint density at radius 1 is 0.821 bits per heavy atom. The van der Waals surface area contributed by atoms with Crippen molar-refractivity contribution in [1.82, 2.24) is 10.2 Å². The van der Waals surface area contributed by atoms with Crippen molar-refractivity contribution in [2.24, 2.45) is 0 Å². The van der Waals surface area contributed by atoms with Crippen molar-refractivity contribution in [3.8, 4) is 11.5 Å². The fourth-order valence-electron chi connectivity index (χ4n) is 2.54. The lowest BCUT2D eigenvalue weighted by Crippen LogP contribution is -2.11. The minimum absolute atomic E-state index is 0.166. The molecule has 0 saturated heterocycles. The highest BCUT2D eigenvalue weighted by Crippen LogP contribution is 2.24. The molecular weight excluding hydrogens is 376 g/mol. The normalized spacial score (nSPS) is 10.5. The summed E-state index contributed by atoms with van der Waals surface area (Å²) >= 11 is 5.87. The molecule has 7 heteroatoms. The number of anilines is 3. The van der Waals surface area contributed by atoms with E-state index in [2.05, 4.69) is 20.8 Å². The fraction of sp³-hybridized carbons (Fsp3) is 0. The van der Waals surface area contributed by atoms with Gasteiger partial charge in [-0.05, 0) is 60.7 Å². The monoisotopic (exact) mass is 390 g/mol. The van der Waals surface area contributed by atoms with Gasteiger partial charge in [-0.2, -0.15) is 0 Å². The minimum atomic E-state index is -0.166. The van der Waals surface area contributed by atoms with Crippen molar-refractivity contribution < 1.29 is 9.21 Å². The third-order valence-electron chi connectivity index (χ3n) is 3.95. The minimum Gasteiger partial charge on any atom is -0.403 e. The number of nitrogens with one attached hydrogen (secondary N) is 2. The highest BCUT2D eigenvalue weighted by molar-refractivity contribution is 6.30. The van der Waals surface area contributed by atoms with Crippen LogP contribution >= 0.6 is 11.6 Å². The van der Waals surface area contributed by atoms with Gasteiger partial charge in [0.15, 0.2) is 0 Å². The predicted molar refractivity (Wildman–Crippen MR) is 109 cm³/mol. The molecule has 0 aliphatic heterocycles. The van der Waals surface area contributed by atoms with E-state index in [1.807, 2.05) is 30.3 Å². The maximum absolute atomic E-state index is 12.2. The van der Waals surface area contributed by atoms with Crippen LogP contribution in [0.5, 0.6) is 0 Å². The second-order valence-corrected chi connectivity index (χ2v) is 6.38. The van der Waals surface area contributed by atoms with Crippen molar-refractivity contribution >= 4 is 34.9 Å². The Hall–Kier alpha value is -3.64. The van der Waals surface area contributed by atoms with Gasteiger partial charge in [0, 0.05) is 27.5 Å². The van der Waals surface area contributed by atoms with Crippen molar-refractivity contribution in [3.05, 3.63) is 89.4 Å². The number of hydrogen-bond acceptors (Lipinski definition) is 5. The molecule has 1 amide bonds. The molecule has 0 aliphatic carbocycles. The van der Waals surface area contributed by atoms with Gasteiger partial charge in [0.25, 0.3) is 5.91 Å². The summed E-state index contributed by atoms with van der Waals surface area (Å²) in [5.41, 5.74) is 2.81. The van der Waals surface area contributed by atoms with Crippen LogP contribution in [0, 0.1) is 0 Å². The molecule has 1 aromatic heterocycles. The molecule has 4 aromatic rings. The van der Waals surface area contributed by atoms with E-state index >= 15 is 0 Å². The number of carbonyl (C=O) groups is 1. The third-order valence-corrected chi connectivity index (χ3v) is 4.20. The smallest absolute Gasteiger partial charge is 0.320 e. The zero-order valence-corrected chi connectivity index (χ0v) is 15.4. The number of halogens is 1. The first-order chi connectivity index (χ1) is 13.7. The molecule has 0 saturated carbocycles. The maximum Gasteiger partial charge on any atom is 0.320 e. The van der Waals surface area contributed by atoms with Gasteiger partial charge in [-0.25, -0.2) is 0 Å². The number of carbonyl (C=O) groups excluding carboxylic acids is 1. The van der Waals surface area contributed by atoms with Gasteiger partial charge in [-0.15, -0.1) is 5.10 Å². The molecule has 0 radical (unpaired) electrons. The summed E-state index contributed by atoms with van der Waals surface area (Å²) in [7, 11) is 0. The number of amides is 1. The first kappa shape index (κ1) is 17.8. The van der Waals surface area contributed by atoms with Crippen LogP contribution in [0.4, 0.5) is 17.4 Å². The lowest BCUT2D eigenvalue weighted by Gasteiger charge is -2.05. The number of aromatic nitrogens is 2. The molecule has 1 heterocycles. The summed E-state index contributed by atoms with van der Waals surface area (Å²) < 4.78 is 5.64. The van der Waals surface area contributed by atoms with Crippen LogP contribution in [-0.2, 0) is 0 Å². The van der Waals surface area contributed by atoms with Crippen LogP contribution in [-0.4, -0.2) is 16.1 Å². The Morgan fingerprint density at radius 3 is 2.21 bits per heavy atom. The molecule has 0 fully saturated rings. The van der Waals surface area contributed by atoms with Gasteiger partial charge in [0.1, 0.15) is 0 Å². The number of hydrogen-bond donors (Lipinski definition) is 2. The Bertz CT molecular complexity index is 1080. The highest BCUT2D eigenvalue weighted by Gasteiger charge is 2.10. The van der Waals surface area contributed by atoms with Crippen molar-refractivity contribution in [2.45, 2.75) is 0 Å². The lowest BCUT2D eigenvalue weighted by molar-refractivity contribution is 0.102. The largest absolute Gasteiger partial charge is 0.403 e. The molecular formula is C21H15ClN4O2. The number of benzene rings is 3. The molecule has 0 aliphatic rings.